The number of aliphatic carboxylic acids is 1. The monoisotopic (exact) mass is 541 g/mol. The van der Waals surface area contributed by atoms with Crippen molar-refractivity contribution >= 4 is 34.6 Å². The SMILES string of the molecule is CC(C)C(NC(=O)C(N)C(C)O)C(=O)NC(Cc1c[nH]c2ccccc12)C(=O)NC(Cc1cnc[nH]1)C(=O)O. The number of amides is 3. The second kappa shape index (κ2) is 13.0. The summed E-state index contributed by atoms with van der Waals surface area (Å²) in [4.78, 5) is 61.0. The molecule has 0 bridgehead atoms. The first-order valence-electron chi connectivity index (χ1n) is 12.6. The number of hydrogen-bond donors (Lipinski definition) is 8. The molecule has 0 aliphatic carbocycles. The zero-order chi connectivity index (χ0) is 28.7. The molecule has 3 rings (SSSR count). The third-order valence-corrected chi connectivity index (χ3v) is 6.39. The average Bonchev–Trinajstić information content (AvgIpc) is 3.55. The highest BCUT2D eigenvalue weighted by Crippen LogP contribution is 2.19. The Hall–Kier alpha value is -4.23. The van der Waals surface area contributed by atoms with Crippen LogP contribution in [0.15, 0.2) is 43.0 Å². The van der Waals surface area contributed by atoms with Gasteiger partial charge < -0.3 is 41.9 Å². The van der Waals surface area contributed by atoms with Gasteiger partial charge in [0.2, 0.25) is 17.7 Å². The number of aromatic nitrogens is 3. The summed E-state index contributed by atoms with van der Waals surface area (Å²) in [6.45, 7) is 4.77. The van der Waals surface area contributed by atoms with Crippen LogP contribution in [0.1, 0.15) is 32.0 Å². The molecule has 0 aliphatic rings. The Labute approximate surface area is 225 Å². The summed E-state index contributed by atoms with van der Waals surface area (Å²) in [6.07, 6.45) is 3.45. The Bertz CT molecular complexity index is 1290. The number of hydrogen-bond acceptors (Lipinski definition) is 7. The summed E-state index contributed by atoms with van der Waals surface area (Å²) in [5.74, 6) is -3.73. The van der Waals surface area contributed by atoms with E-state index in [4.69, 9.17) is 5.73 Å². The molecule has 0 saturated heterocycles. The molecule has 0 spiro atoms. The maximum absolute atomic E-state index is 13.4. The molecule has 39 heavy (non-hydrogen) atoms. The summed E-state index contributed by atoms with van der Waals surface area (Å²) in [6, 6.07) is 2.65. The van der Waals surface area contributed by atoms with E-state index in [0.717, 1.165) is 16.5 Å². The van der Waals surface area contributed by atoms with Crippen molar-refractivity contribution in [2.24, 2.45) is 11.7 Å². The second-order valence-corrected chi connectivity index (χ2v) is 9.80. The number of aliphatic hydroxyl groups is 1. The molecular weight excluding hydrogens is 506 g/mol. The number of aliphatic hydroxyl groups excluding tert-OH is 1. The highest BCUT2D eigenvalue weighted by molar-refractivity contribution is 5.95. The van der Waals surface area contributed by atoms with E-state index in [1.807, 2.05) is 24.3 Å². The molecule has 2 aromatic heterocycles. The normalized spacial score (nSPS) is 15.2. The van der Waals surface area contributed by atoms with Crippen LogP contribution in [0.4, 0.5) is 0 Å². The van der Waals surface area contributed by atoms with Crippen LogP contribution in [0.3, 0.4) is 0 Å². The van der Waals surface area contributed by atoms with Crippen molar-refractivity contribution in [2.45, 2.75) is 63.9 Å². The van der Waals surface area contributed by atoms with E-state index in [0.29, 0.717) is 5.69 Å². The fraction of sp³-hybridized carbons (Fsp3) is 0.423. The van der Waals surface area contributed by atoms with Crippen molar-refractivity contribution in [1.29, 1.82) is 0 Å². The zero-order valence-corrected chi connectivity index (χ0v) is 22.0. The van der Waals surface area contributed by atoms with Gasteiger partial charge in [-0.05, 0) is 24.5 Å². The minimum atomic E-state index is -1.29. The number of para-hydroxylation sites is 1. The smallest absolute Gasteiger partial charge is 0.326 e. The van der Waals surface area contributed by atoms with Crippen LogP contribution in [0.5, 0.6) is 0 Å². The lowest BCUT2D eigenvalue weighted by molar-refractivity contribution is -0.142. The first-order valence-corrected chi connectivity index (χ1v) is 12.6. The van der Waals surface area contributed by atoms with E-state index in [-0.39, 0.29) is 18.8 Å². The lowest BCUT2D eigenvalue weighted by atomic mass is 9.99. The third-order valence-electron chi connectivity index (χ3n) is 6.39. The molecule has 1 aromatic carbocycles. The standard InChI is InChI=1S/C26H35N7O6/c1-13(2)22(33-24(36)21(27)14(3)34)25(37)31-19(8-15-10-29-18-7-5-4-6-17(15)18)23(35)32-20(26(38)39)9-16-11-28-12-30-16/h4-7,10-14,19-22,29,34H,8-9,27H2,1-3H3,(H,28,30)(H,31,37)(H,32,35)(H,33,36)(H,38,39). The van der Waals surface area contributed by atoms with Crippen LogP contribution in [0.25, 0.3) is 10.9 Å². The summed E-state index contributed by atoms with van der Waals surface area (Å²) in [5.41, 5.74) is 7.79. The number of carbonyl (C=O) groups is 4. The van der Waals surface area contributed by atoms with Crippen LogP contribution in [-0.4, -0.2) is 79.1 Å². The molecule has 0 radical (unpaired) electrons. The number of carboxylic acids is 1. The predicted octanol–water partition coefficient (Wildman–Crippen LogP) is -0.421. The van der Waals surface area contributed by atoms with E-state index in [1.54, 1.807) is 20.0 Å². The highest BCUT2D eigenvalue weighted by atomic mass is 16.4. The molecule has 13 heteroatoms. The third kappa shape index (κ3) is 7.65. The summed E-state index contributed by atoms with van der Waals surface area (Å²) >= 11 is 0. The van der Waals surface area contributed by atoms with Gasteiger partial charge in [0, 0.05) is 41.8 Å². The molecule has 2 heterocycles. The lowest BCUT2D eigenvalue weighted by Crippen LogP contribution is -2.59. The average molecular weight is 542 g/mol. The van der Waals surface area contributed by atoms with E-state index in [1.165, 1.54) is 19.4 Å². The zero-order valence-electron chi connectivity index (χ0n) is 22.0. The lowest BCUT2D eigenvalue weighted by Gasteiger charge is -2.27. The summed E-state index contributed by atoms with van der Waals surface area (Å²) in [7, 11) is 0. The first-order chi connectivity index (χ1) is 18.5. The Morgan fingerprint density at radius 1 is 0.949 bits per heavy atom. The quantitative estimate of drug-likeness (QED) is 0.142. The van der Waals surface area contributed by atoms with Crippen molar-refractivity contribution < 1.29 is 29.4 Å². The number of nitrogens with zero attached hydrogens (tertiary/aromatic N) is 1. The summed E-state index contributed by atoms with van der Waals surface area (Å²) < 4.78 is 0. The van der Waals surface area contributed by atoms with Crippen molar-refractivity contribution in [3.63, 3.8) is 0 Å². The minimum absolute atomic E-state index is 0.0449. The Morgan fingerprint density at radius 2 is 1.64 bits per heavy atom. The van der Waals surface area contributed by atoms with Gasteiger partial charge in [0.25, 0.3) is 0 Å². The fourth-order valence-corrected chi connectivity index (χ4v) is 4.08. The number of nitrogens with one attached hydrogen (secondary N) is 5. The number of H-pyrrole nitrogens is 2. The molecule has 3 aromatic rings. The van der Waals surface area contributed by atoms with Crippen molar-refractivity contribution in [2.75, 3.05) is 0 Å². The molecule has 13 nitrogen and oxygen atoms in total. The molecule has 0 aliphatic heterocycles. The number of carbonyl (C=O) groups excluding carboxylic acids is 3. The van der Waals surface area contributed by atoms with Gasteiger partial charge in [0.15, 0.2) is 0 Å². The predicted molar refractivity (Wildman–Crippen MR) is 142 cm³/mol. The van der Waals surface area contributed by atoms with Gasteiger partial charge >= 0.3 is 5.97 Å². The number of benzene rings is 1. The number of rotatable bonds is 13. The van der Waals surface area contributed by atoms with Crippen molar-refractivity contribution in [3.8, 4) is 0 Å². The van der Waals surface area contributed by atoms with Gasteiger partial charge in [-0.25, -0.2) is 9.78 Å². The molecule has 210 valence electrons. The molecule has 5 atom stereocenters. The van der Waals surface area contributed by atoms with Crippen LogP contribution in [0, 0.1) is 5.92 Å². The second-order valence-electron chi connectivity index (χ2n) is 9.80. The number of carboxylic acid groups (broad SMARTS) is 1. The van der Waals surface area contributed by atoms with E-state index in [2.05, 4.69) is 30.9 Å². The van der Waals surface area contributed by atoms with E-state index < -0.39 is 54.0 Å². The van der Waals surface area contributed by atoms with Gasteiger partial charge in [-0.3, -0.25) is 14.4 Å². The number of fused-ring (bicyclic) bond motifs is 1. The van der Waals surface area contributed by atoms with Crippen LogP contribution in [-0.2, 0) is 32.0 Å². The van der Waals surface area contributed by atoms with Crippen LogP contribution < -0.4 is 21.7 Å². The minimum Gasteiger partial charge on any atom is -0.480 e. The van der Waals surface area contributed by atoms with E-state index >= 15 is 0 Å². The largest absolute Gasteiger partial charge is 0.480 e. The Morgan fingerprint density at radius 3 is 2.26 bits per heavy atom. The van der Waals surface area contributed by atoms with Gasteiger partial charge in [-0.15, -0.1) is 0 Å². The number of imidazole rings is 1. The van der Waals surface area contributed by atoms with Crippen molar-refractivity contribution in [3.05, 3.63) is 54.2 Å². The number of aromatic amines is 2. The maximum Gasteiger partial charge on any atom is 0.326 e. The fourth-order valence-electron chi connectivity index (χ4n) is 4.08. The topological polar surface area (TPSA) is 215 Å². The molecule has 9 N–H and O–H groups in total. The van der Waals surface area contributed by atoms with Gasteiger partial charge in [-0.2, -0.15) is 0 Å². The van der Waals surface area contributed by atoms with Crippen molar-refractivity contribution in [1.82, 2.24) is 30.9 Å². The first kappa shape index (κ1) is 29.3. The molecule has 3 amide bonds. The Balaban J connectivity index is 1.85. The van der Waals surface area contributed by atoms with Gasteiger partial charge in [-0.1, -0.05) is 32.0 Å². The molecule has 0 saturated carbocycles. The van der Waals surface area contributed by atoms with Gasteiger partial charge in [0.1, 0.15) is 24.2 Å². The van der Waals surface area contributed by atoms with Gasteiger partial charge in [0.05, 0.1) is 12.4 Å². The Kier molecular flexibility index (Phi) is 9.79. The van der Waals surface area contributed by atoms with E-state index in [9.17, 15) is 29.4 Å². The maximum atomic E-state index is 13.4. The van der Waals surface area contributed by atoms with Crippen LogP contribution >= 0.6 is 0 Å². The summed E-state index contributed by atoms with van der Waals surface area (Å²) in [5, 5.41) is 27.9. The molecule has 5 unspecified atom stereocenters. The van der Waals surface area contributed by atoms with Crippen LogP contribution in [0.2, 0.25) is 0 Å². The molecular formula is C26H35N7O6. The number of nitrogens with two attached hydrogens (primary N) is 1. The molecule has 0 fully saturated rings. The highest BCUT2D eigenvalue weighted by Gasteiger charge is 2.33.